The molecule has 16 heavy (non-hydrogen) atoms. The summed E-state index contributed by atoms with van der Waals surface area (Å²) in [5.41, 5.74) is 1.35. The number of halogens is 1. The summed E-state index contributed by atoms with van der Waals surface area (Å²) in [4.78, 5) is 0. The Morgan fingerprint density at radius 2 is 2.12 bits per heavy atom. The Morgan fingerprint density at radius 3 is 2.75 bits per heavy atom. The van der Waals surface area contributed by atoms with Crippen LogP contribution in [0.25, 0.3) is 0 Å². The first-order valence-electron chi connectivity index (χ1n) is 6.21. The Kier molecular flexibility index (Phi) is 6.51. The van der Waals surface area contributed by atoms with E-state index in [1.54, 1.807) is 0 Å². The van der Waals surface area contributed by atoms with Crippen LogP contribution in [0, 0.1) is 5.92 Å². The number of benzene rings is 1. The summed E-state index contributed by atoms with van der Waals surface area (Å²) in [6, 6.07) is 8.20. The average molecular weight is 240 g/mol. The topological polar surface area (TPSA) is 12.0 Å². The number of hydrogen-bond donors (Lipinski definition) is 1. The fraction of sp³-hybridized carbons (Fsp3) is 0.571. The van der Waals surface area contributed by atoms with Crippen molar-refractivity contribution in [3.8, 4) is 0 Å². The van der Waals surface area contributed by atoms with Crippen molar-refractivity contribution < 1.29 is 0 Å². The van der Waals surface area contributed by atoms with Gasteiger partial charge in [0.1, 0.15) is 0 Å². The summed E-state index contributed by atoms with van der Waals surface area (Å²) in [5, 5.41) is 4.33. The smallest absolute Gasteiger partial charge is 0.0408 e. The van der Waals surface area contributed by atoms with Crippen molar-refractivity contribution in [3.63, 3.8) is 0 Å². The Balaban J connectivity index is 2.43. The van der Waals surface area contributed by atoms with Gasteiger partial charge in [0, 0.05) is 5.02 Å². The Morgan fingerprint density at radius 1 is 1.31 bits per heavy atom. The molecule has 0 aromatic heterocycles. The molecule has 0 fully saturated rings. The molecule has 0 radical (unpaired) electrons. The number of rotatable bonds is 7. The van der Waals surface area contributed by atoms with Gasteiger partial charge in [-0.1, -0.05) is 44.0 Å². The first kappa shape index (κ1) is 13.5. The summed E-state index contributed by atoms with van der Waals surface area (Å²) in [6.45, 7) is 6.68. The minimum Gasteiger partial charge on any atom is -0.316 e. The molecule has 1 rings (SSSR count). The van der Waals surface area contributed by atoms with Gasteiger partial charge in [-0.3, -0.25) is 0 Å². The molecule has 90 valence electrons. The monoisotopic (exact) mass is 239 g/mol. The first-order valence-corrected chi connectivity index (χ1v) is 6.59. The van der Waals surface area contributed by atoms with Crippen molar-refractivity contribution >= 4 is 11.6 Å². The average Bonchev–Trinajstić information content (AvgIpc) is 2.28. The highest BCUT2D eigenvalue weighted by molar-refractivity contribution is 6.30. The molecular formula is C14H22ClN. The van der Waals surface area contributed by atoms with Gasteiger partial charge >= 0.3 is 0 Å². The van der Waals surface area contributed by atoms with E-state index in [0.717, 1.165) is 24.5 Å². The van der Waals surface area contributed by atoms with Gasteiger partial charge in [-0.2, -0.15) is 0 Å². The second kappa shape index (κ2) is 7.70. The minimum atomic E-state index is 0.713. The van der Waals surface area contributed by atoms with Crippen molar-refractivity contribution in [2.24, 2.45) is 5.92 Å². The Labute approximate surface area is 104 Å². The molecular weight excluding hydrogens is 218 g/mol. The van der Waals surface area contributed by atoms with Crippen LogP contribution in [0.1, 0.15) is 32.3 Å². The molecule has 0 aliphatic rings. The zero-order valence-corrected chi connectivity index (χ0v) is 11.1. The molecule has 1 aromatic carbocycles. The van der Waals surface area contributed by atoms with E-state index in [0.29, 0.717) is 5.92 Å². The van der Waals surface area contributed by atoms with E-state index in [2.05, 4.69) is 31.3 Å². The van der Waals surface area contributed by atoms with Gasteiger partial charge in [-0.05, 0) is 49.5 Å². The van der Waals surface area contributed by atoms with Crippen molar-refractivity contribution in [1.82, 2.24) is 5.32 Å². The van der Waals surface area contributed by atoms with Crippen LogP contribution in [0.2, 0.25) is 5.02 Å². The number of hydrogen-bond acceptors (Lipinski definition) is 1. The largest absolute Gasteiger partial charge is 0.316 e. The molecule has 0 bridgehead atoms. The van der Waals surface area contributed by atoms with Crippen LogP contribution in [0.3, 0.4) is 0 Å². The van der Waals surface area contributed by atoms with E-state index >= 15 is 0 Å². The molecule has 1 unspecified atom stereocenters. The van der Waals surface area contributed by atoms with E-state index < -0.39 is 0 Å². The van der Waals surface area contributed by atoms with Gasteiger partial charge in [-0.15, -0.1) is 0 Å². The van der Waals surface area contributed by atoms with Crippen molar-refractivity contribution in [3.05, 3.63) is 34.9 Å². The third kappa shape index (κ3) is 5.00. The zero-order chi connectivity index (χ0) is 11.8. The molecule has 0 amide bonds. The lowest BCUT2D eigenvalue weighted by Crippen LogP contribution is -2.24. The molecule has 0 aliphatic heterocycles. The first-order chi connectivity index (χ1) is 7.76. The lowest BCUT2D eigenvalue weighted by Gasteiger charge is -2.15. The van der Waals surface area contributed by atoms with Gasteiger partial charge in [0.05, 0.1) is 0 Å². The van der Waals surface area contributed by atoms with Crippen LogP contribution in [0.4, 0.5) is 0 Å². The Hall–Kier alpha value is -0.530. The normalized spacial score (nSPS) is 12.7. The fourth-order valence-corrected chi connectivity index (χ4v) is 2.05. The maximum absolute atomic E-state index is 5.98. The second-order valence-electron chi connectivity index (χ2n) is 4.31. The van der Waals surface area contributed by atoms with Crippen molar-refractivity contribution in [2.45, 2.75) is 33.1 Å². The van der Waals surface area contributed by atoms with Gasteiger partial charge < -0.3 is 5.32 Å². The van der Waals surface area contributed by atoms with E-state index in [-0.39, 0.29) is 0 Å². The highest BCUT2D eigenvalue weighted by Crippen LogP contribution is 2.16. The maximum Gasteiger partial charge on any atom is 0.0408 e. The molecule has 1 N–H and O–H groups in total. The van der Waals surface area contributed by atoms with Crippen LogP contribution in [0.5, 0.6) is 0 Å². The van der Waals surface area contributed by atoms with Gasteiger partial charge in [0.2, 0.25) is 0 Å². The van der Waals surface area contributed by atoms with Crippen LogP contribution in [-0.4, -0.2) is 13.1 Å². The predicted molar refractivity (Wildman–Crippen MR) is 72.1 cm³/mol. The summed E-state index contributed by atoms with van der Waals surface area (Å²) in [6.07, 6.45) is 3.53. The maximum atomic E-state index is 5.98. The summed E-state index contributed by atoms with van der Waals surface area (Å²) in [5.74, 6) is 0.713. The molecule has 0 heterocycles. The molecule has 2 heteroatoms. The quantitative estimate of drug-likeness (QED) is 0.712. The Bertz CT molecular complexity index is 299. The lowest BCUT2D eigenvalue weighted by atomic mass is 9.97. The van der Waals surface area contributed by atoms with E-state index in [1.807, 2.05) is 12.1 Å². The summed E-state index contributed by atoms with van der Waals surface area (Å²) < 4.78 is 0. The molecule has 0 saturated heterocycles. The van der Waals surface area contributed by atoms with E-state index in [4.69, 9.17) is 11.6 Å². The molecule has 1 aromatic rings. The predicted octanol–water partition coefficient (Wildman–Crippen LogP) is 3.91. The molecule has 0 saturated carbocycles. The lowest BCUT2D eigenvalue weighted by molar-refractivity contribution is 0.460. The van der Waals surface area contributed by atoms with Crippen molar-refractivity contribution in [2.75, 3.05) is 13.1 Å². The standard InChI is InChI=1S/C14H22ClN/c1-3-8-16-11-12(4-2)9-13-6-5-7-14(15)10-13/h5-7,10,12,16H,3-4,8-9,11H2,1-2H3. The summed E-state index contributed by atoms with van der Waals surface area (Å²) >= 11 is 5.98. The molecule has 0 aliphatic carbocycles. The highest BCUT2D eigenvalue weighted by atomic mass is 35.5. The van der Waals surface area contributed by atoms with E-state index in [9.17, 15) is 0 Å². The SMILES string of the molecule is CCCNCC(CC)Cc1cccc(Cl)c1. The highest BCUT2D eigenvalue weighted by Gasteiger charge is 2.07. The van der Waals surface area contributed by atoms with Crippen LogP contribution in [0.15, 0.2) is 24.3 Å². The van der Waals surface area contributed by atoms with Crippen LogP contribution >= 0.6 is 11.6 Å². The minimum absolute atomic E-state index is 0.713. The molecule has 1 nitrogen and oxygen atoms in total. The number of nitrogens with one attached hydrogen (secondary N) is 1. The zero-order valence-electron chi connectivity index (χ0n) is 10.3. The molecule has 1 atom stereocenters. The van der Waals surface area contributed by atoms with Crippen LogP contribution in [-0.2, 0) is 6.42 Å². The third-order valence-corrected chi connectivity index (χ3v) is 3.09. The molecule has 0 spiro atoms. The third-order valence-electron chi connectivity index (χ3n) is 2.85. The van der Waals surface area contributed by atoms with E-state index in [1.165, 1.54) is 18.4 Å². The van der Waals surface area contributed by atoms with Crippen molar-refractivity contribution in [1.29, 1.82) is 0 Å². The fourth-order valence-electron chi connectivity index (χ4n) is 1.84. The van der Waals surface area contributed by atoms with Gasteiger partial charge in [0.25, 0.3) is 0 Å². The second-order valence-corrected chi connectivity index (χ2v) is 4.75. The van der Waals surface area contributed by atoms with Gasteiger partial charge in [-0.25, -0.2) is 0 Å². The summed E-state index contributed by atoms with van der Waals surface area (Å²) in [7, 11) is 0. The van der Waals surface area contributed by atoms with Crippen LogP contribution < -0.4 is 5.32 Å². The van der Waals surface area contributed by atoms with Gasteiger partial charge in [0.15, 0.2) is 0 Å².